The number of thiophene rings is 1. The summed E-state index contributed by atoms with van der Waals surface area (Å²) in [4.78, 5) is 42.6. The lowest BCUT2D eigenvalue weighted by molar-refractivity contribution is -0.158. The molecule has 148 valence electrons. The van der Waals surface area contributed by atoms with E-state index in [2.05, 4.69) is 4.98 Å². The Hall–Kier alpha value is -2.10. The molecule has 1 aliphatic rings. The lowest BCUT2D eigenvalue weighted by Gasteiger charge is -2.29. The van der Waals surface area contributed by atoms with Gasteiger partial charge < -0.3 is 4.90 Å². The van der Waals surface area contributed by atoms with Crippen molar-refractivity contribution in [3.63, 3.8) is 0 Å². The van der Waals surface area contributed by atoms with Crippen LogP contribution in [0, 0.1) is 5.92 Å². The fraction of sp³-hybridized carbons (Fsp3) is 0.588. The molecule has 0 spiro atoms. The molecule has 0 saturated carbocycles. The van der Waals surface area contributed by atoms with Crippen molar-refractivity contribution < 1.29 is 18.0 Å². The second-order valence-electron chi connectivity index (χ2n) is 7.14. The number of halogens is 3. The molecule has 3 rings (SSSR count). The highest BCUT2D eigenvalue weighted by Crippen LogP contribution is 2.33. The van der Waals surface area contributed by atoms with E-state index in [1.165, 1.54) is 23.2 Å². The summed E-state index contributed by atoms with van der Waals surface area (Å²) in [5, 5.41) is 0.443. The molecule has 0 unspecified atom stereocenters. The highest BCUT2D eigenvalue weighted by molar-refractivity contribution is 7.18. The van der Waals surface area contributed by atoms with Gasteiger partial charge in [-0.3, -0.25) is 19.1 Å². The Kier molecular flexibility index (Phi) is 4.96. The van der Waals surface area contributed by atoms with Crippen molar-refractivity contribution >= 4 is 27.5 Å². The fourth-order valence-corrected chi connectivity index (χ4v) is 4.74. The zero-order valence-corrected chi connectivity index (χ0v) is 16.0. The summed E-state index contributed by atoms with van der Waals surface area (Å²) in [7, 11) is 0. The number of hydrogen-bond acceptors (Lipinski definition) is 4. The number of nitrogens with zero attached hydrogens (tertiary/aromatic N) is 2. The Morgan fingerprint density at radius 2 is 1.93 bits per heavy atom. The van der Waals surface area contributed by atoms with Gasteiger partial charge in [-0.15, -0.1) is 11.3 Å². The van der Waals surface area contributed by atoms with Crippen LogP contribution < -0.4 is 11.2 Å². The molecule has 27 heavy (non-hydrogen) atoms. The number of alkyl halides is 3. The molecule has 6 nitrogen and oxygen atoms in total. The highest BCUT2D eigenvalue weighted by atomic mass is 32.1. The predicted octanol–water partition coefficient (Wildman–Crippen LogP) is 2.81. The minimum Gasteiger partial charge on any atom is -0.337 e. The summed E-state index contributed by atoms with van der Waals surface area (Å²) >= 11 is 1.21. The Labute approximate surface area is 156 Å². The molecule has 3 heterocycles. The van der Waals surface area contributed by atoms with Gasteiger partial charge >= 0.3 is 11.9 Å². The number of aromatic amines is 1. The number of aromatic nitrogens is 2. The van der Waals surface area contributed by atoms with E-state index in [1.807, 2.05) is 0 Å². The Bertz CT molecular complexity index is 1000. The number of carbonyl (C=O) groups is 1. The maximum absolute atomic E-state index is 12.7. The standard InChI is InChI=1S/C17H20F3N3O3S/c1-8(2)23-15(25)12-10-4-5-22(14(24)9(3)6-17(18,19)20)7-11(10)27-13(12)21-16(23)26/h8-9H,4-7H2,1-3H3,(H,21,26)/t9-/m0/s1. The number of nitrogens with one attached hydrogen (secondary N) is 1. The van der Waals surface area contributed by atoms with Crippen LogP contribution in [0.3, 0.4) is 0 Å². The van der Waals surface area contributed by atoms with E-state index >= 15 is 0 Å². The molecule has 0 bridgehead atoms. The smallest absolute Gasteiger partial charge is 0.337 e. The summed E-state index contributed by atoms with van der Waals surface area (Å²) in [6.07, 6.45) is -5.18. The first-order valence-electron chi connectivity index (χ1n) is 8.64. The number of carbonyl (C=O) groups excluding carboxylic acids is 1. The first-order valence-corrected chi connectivity index (χ1v) is 9.46. The largest absolute Gasteiger partial charge is 0.389 e. The molecule has 2 aromatic rings. The van der Waals surface area contributed by atoms with Crippen LogP contribution in [0.2, 0.25) is 0 Å². The normalized spacial score (nSPS) is 16.0. The van der Waals surface area contributed by atoms with Crippen LogP contribution in [-0.4, -0.2) is 33.1 Å². The van der Waals surface area contributed by atoms with Crippen molar-refractivity contribution in [3.8, 4) is 0 Å². The van der Waals surface area contributed by atoms with Crippen LogP contribution in [0.1, 0.15) is 43.7 Å². The first kappa shape index (κ1) is 19.7. The Morgan fingerprint density at radius 3 is 2.52 bits per heavy atom. The number of fused-ring (bicyclic) bond motifs is 3. The van der Waals surface area contributed by atoms with Crippen molar-refractivity contribution in [1.82, 2.24) is 14.5 Å². The third kappa shape index (κ3) is 3.67. The Morgan fingerprint density at radius 1 is 1.26 bits per heavy atom. The maximum Gasteiger partial charge on any atom is 0.389 e. The predicted molar refractivity (Wildman–Crippen MR) is 96.0 cm³/mol. The molecule has 1 atom stereocenters. The van der Waals surface area contributed by atoms with Gasteiger partial charge in [0.05, 0.1) is 18.4 Å². The van der Waals surface area contributed by atoms with E-state index in [-0.39, 0.29) is 24.7 Å². The SMILES string of the molecule is CC(C)n1c(=O)[nH]c2sc3c(c2c1=O)CCN(C(=O)[C@@H](C)CC(F)(F)F)C3. The van der Waals surface area contributed by atoms with E-state index in [0.29, 0.717) is 16.6 Å². The minimum atomic E-state index is -4.39. The summed E-state index contributed by atoms with van der Waals surface area (Å²) in [6.45, 7) is 5.15. The van der Waals surface area contributed by atoms with Gasteiger partial charge in [-0.25, -0.2) is 4.79 Å². The van der Waals surface area contributed by atoms with E-state index in [4.69, 9.17) is 0 Å². The van der Waals surface area contributed by atoms with E-state index < -0.39 is 30.1 Å². The second-order valence-corrected chi connectivity index (χ2v) is 8.24. The monoisotopic (exact) mass is 403 g/mol. The molecule has 0 fully saturated rings. The van der Waals surface area contributed by atoms with Crippen molar-refractivity contribution in [2.24, 2.45) is 5.92 Å². The summed E-state index contributed by atoms with van der Waals surface area (Å²) in [5.74, 6) is -1.71. The average Bonchev–Trinajstić information content (AvgIpc) is 2.89. The van der Waals surface area contributed by atoms with Crippen LogP contribution >= 0.6 is 11.3 Å². The first-order chi connectivity index (χ1) is 12.5. The van der Waals surface area contributed by atoms with Crippen molar-refractivity contribution in [2.45, 2.75) is 52.4 Å². The molecular weight excluding hydrogens is 383 g/mol. The van der Waals surface area contributed by atoms with Gasteiger partial charge in [0.2, 0.25) is 5.91 Å². The zero-order chi connectivity index (χ0) is 20.1. The topological polar surface area (TPSA) is 75.2 Å². The third-order valence-electron chi connectivity index (χ3n) is 4.72. The molecule has 1 aliphatic heterocycles. The summed E-state index contributed by atoms with van der Waals surface area (Å²) in [5.41, 5.74) is -0.0857. The number of hydrogen-bond donors (Lipinski definition) is 1. The van der Waals surface area contributed by atoms with Gasteiger partial charge in [-0.1, -0.05) is 6.92 Å². The zero-order valence-electron chi connectivity index (χ0n) is 15.1. The number of rotatable bonds is 3. The van der Waals surface area contributed by atoms with Crippen LogP contribution in [0.4, 0.5) is 13.2 Å². The lowest BCUT2D eigenvalue weighted by atomic mass is 10.0. The fourth-order valence-electron chi connectivity index (χ4n) is 3.49. The van der Waals surface area contributed by atoms with Crippen LogP contribution in [0.5, 0.6) is 0 Å². The summed E-state index contributed by atoms with van der Waals surface area (Å²) in [6, 6.07) is -0.300. The molecule has 10 heteroatoms. The van der Waals surface area contributed by atoms with Crippen LogP contribution in [0.25, 0.3) is 10.2 Å². The quantitative estimate of drug-likeness (QED) is 0.856. The van der Waals surface area contributed by atoms with Crippen molar-refractivity contribution in [2.75, 3.05) is 6.54 Å². The third-order valence-corrected chi connectivity index (χ3v) is 5.85. The van der Waals surface area contributed by atoms with Crippen LogP contribution in [0.15, 0.2) is 9.59 Å². The van der Waals surface area contributed by atoms with E-state index in [0.717, 1.165) is 15.0 Å². The molecular formula is C17H20F3N3O3S. The van der Waals surface area contributed by atoms with E-state index in [1.54, 1.807) is 13.8 Å². The van der Waals surface area contributed by atoms with Crippen LogP contribution in [-0.2, 0) is 17.8 Å². The molecule has 0 saturated heterocycles. The van der Waals surface area contributed by atoms with Gasteiger partial charge in [0.15, 0.2) is 0 Å². The lowest BCUT2D eigenvalue weighted by Crippen LogP contribution is -2.40. The van der Waals surface area contributed by atoms with Gasteiger partial charge in [0, 0.05) is 23.4 Å². The maximum atomic E-state index is 12.7. The molecule has 0 aliphatic carbocycles. The van der Waals surface area contributed by atoms with E-state index in [9.17, 15) is 27.6 Å². The second kappa shape index (κ2) is 6.81. The molecule has 2 aromatic heterocycles. The number of H-pyrrole nitrogens is 1. The molecule has 0 aromatic carbocycles. The van der Waals surface area contributed by atoms with Gasteiger partial charge in [-0.05, 0) is 25.8 Å². The Balaban J connectivity index is 1.95. The average molecular weight is 403 g/mol. The number of amides is 1. The van der Waals surface area contributed by atoms with Crippen molar-refractivity contribution in [1.29, 1.82) is 0 Å². The highest BCUT2D eigenvalue weighted by Gasteiger charge is 2.36. The van der Waals surface area contributed by atoms with Gasteiger partial charge in [0.25, 0.3) is 5.56 Å². The van der Waals surface area contributed by atoms with Gasteiger partial charge in [0.1, 0.15) is 4.83 Å². The molecule has 1 N–H and O–H groups in total. The van der Waals surface area contributed by atoms with Crippen molar-refractivity contribution in [3.05, 3.63) is 31.3 Å². The summed E-state index contributed by atoms with van der Waals surface area (Å²) < 4.78 is 38.8. The molecule has 1 amide bonds. The van der Waals surface area contributed by atoms with Gasteiger partial charge in [-0.2, -0.15) is 13.2 Å². The minimum absolute atomic E-state index is 0.152. The molecule has 0 radical (unpaired) electrons.